The number of halogens is 1. The summed E-state index contributed by atoms with van der Waals surface area (Å²) in [7, 11) is 1.92. The summed E-state index contributed by atoms with van der Waals surface area (Å²) in [5.41, 5.74) is 1.07. The Labute approximate surface area is 142 Å². The molecule has 0 aliphatic carbocycles. The van der Waals surface area contributed by atoms with Gasteiger partial charge in [0.1, 0.15) is 11.1 Å². The first kappa shape index (κ1) is 16.1. The van der Waals surface area contributed by atoms with Gasteiger partial charge in [-0.2, -0.15) is 0 Å². The fraction of sp³-hybridized carbons (Fsp3) is 0.111. The number of aromatic carboxylic acids is 1. The van der Waals surface area contributed by atoms with Gasteiger partial charge in [-0.1, -0.05) is 23.7 Å². The third-order valence-corrected chi connectivity index (χ3v) is 3.98. The minimum absolute atomic E-state index is 0.352. The van der Waals surface area contributed by atoms with Crippen molar-refractivity contribution in [2.45, 2.75) is 6.54 Å². The first-order valence-corrected chi connectivity index (χ1v) is 7.58. The largest absolute Gasteiger partial charge is 0.477 e. The van der Waals surface area contributed by atoms with Gasteiger partial charge in [0, 0.05) is 35.8 Å². The Kier molecular flexibility index (Phi) is 4.27. The van der Waals surface area contributed by atoms with E-state index in [2.05, 4.69) is 0 Å². The number of carbonyl (C=O) groups is 1. The van der Waals surface area contributed by atoms with Gasteiger partial charge in [-0.15, -0.1) is 0 Å². The van der Waals surface area contributed by atoms with Crippen LogP contribution in [0.15, 0.2) is 57.7 Å². The van der Waals surface area contributed by atoms with Crippen molar-refractivity contribution in [3.8, 4) is 0 Å². The number of fused-ring (bicyclic) bond motifs is 1. The topological polar surface area (TPSA) is 70.8 Å². The van der Waals surface area contributed by atoms with Gasteiger partial charge in [0.25, 0.3) is 0 Å². The summed E-state index contributed by atoms with van der Waals surface area (Å²) in [6.45, 7) is 0.653. The molecule has 0 aliphatic heterocycles. The zero-order chi connectivity index (χ0) is 17.3. The molecular weight excluding hydrogens is 330 g/mol. The van der Waals surface area contributed by atoms with Gasteiger partial charge in [-0.25, -0.2) is 9.59 Å². The molecule has 2 aromatic carbocycles. The summed E-state index contributed by atoms with van der Waals surface area (Å²) >= 11 is 5.88. The first-order chi connectivity index (χ1) is 11.4. The maximum Gasteiger partial charge on any atom is 0.351 e. The molecule has 3 rings (SSSR count). The first-order valence-electron chi connectivity index (χ1n) is 7.21. The monoisotopic (exact) mass is 343 g/mol. The van der Waals surface area contributed by atoms with Gasteiger partial charge in [0.2, 0.25) is 0 Å². The number of nitrogens with zero attached hydrogens (tertiary/aromatic N) is 1. The van der Waals surface area contributed by atoms with E-state index in [0.29, 0.717) is 22.5 Å². The van der Waals surface area contributed by atoms with Crippen molar-refractivity contribution in [2.24, 2.45) is 0 Å². The fourth-order valence-electron chi connectivity index (χ4n) is 2.44. The molecule has 0 saturated heterocycles. The van der Waals surface area contributed by atoms with E-state index in [-0.39, 0.29) is 5.56 Å². The quantitative estimate of drug-likeness (QED) is 0.730. The third kappa shape index (κ3) is 3.26. The van der Waals surface area contributed by atoms with E-state index in [0.717, 1.165) is 11.3 Å². The molecule has 0 unspecified atom stereocenters. The van der Waals surface area contributed by atoms with E-state index in [9.17, 15) is 9.59 Å². The minimum Gasteiger partial charge on any atom is -0.477 e. The van der Waals surface area contributed by atoms with Crippen LogP contribution in [0.4, 0.5) is 5.69 Å². The SMILES string of the molecule is CN(Cc1ccc(Cl)cc1)c1ccc2cc(C(=O)O)c(=O)oc2c1. The van der Waals surface area contributed by atoms with E-state index in [1.54, 1.807) is 12.1 Å². The molecule has 5 nitrogen and oxygen atoms in total. The summed E-state index contributed by atoms with van der Waals surface area (Å²) in [6, 6.07) is 14.2. The highest BCUT2D eigenvalue weighted by atomic mass is 35.5. The Bertz CT molecular complexity index is 963. The molecule has 1 heterocycles. The second-order valence-corrected chi connectivity index (χ2v) is 5.89. The van der Waals surface area contributed by atoms with Gasteiger partial charge in [0.05, 0.1) is 0 Å². The Hall–Kier alpha value is -2.79. The summed E-state index contributed by atoms with van der Waals surface area (Å²) in [4.78, 5) is 24.7. The molecule has 0 aliphatic rings. The van der Waals surface area contributed by atoms with Crippen molar-refractivity contribution >= 4 is 34.2 Å². The Balaban J connectivity index is 1.92. The lowest BCUT2D eigenvalue weighted by Crippen LogP contribution is -2.16. The molecule has 1 aromatic heterocycles. The van der Waals surface area contributed by atoms with Crippen LogP contribution in [-0.4, -0.2) is 18.1 Å². The Morgan fingerprint density at radius 1 is 1.17 bits per heavy atom. The van der Waals surface area contributed by atoms with Crippen molar-refractivity contribution in [3.63, 3.8) is 0 Å². The highest BCUT2D eigenvalue weighted by Crippen LogP contribution is 2.23. The molecule has 0 radical (unpaired) electrons. The number of anilines is 1. The summed E-state index contributed by atoms with van der Waals surface area (Å²) in [5, 5.41) is 10.2. The molecule has 0 spiro atoms. The molecule has 0 atom stereocenters. The van der Waals surface area contributed by atoms with Crippen molar-refractivity contribution < 1.29 is 14.3 Å². The van der Waals surface area contributed by atoms with Crippen molar-refractivity contribution in [1.82, 2.24) is 0 Å². The number of rotatable bonds is 4. The second kappa shape index (κ2) is 6.37. The van der Waals surface area contributed by atoms with Crippen LogP contribution >= 0.6 is 11.6 Å². The predicted molar refractivity (Wildman–Crippen MR) is 93.0 cm³/mol. The van der Waals surface area contributed by atoms with Crippen LogP contribution in [0.2, 0.25) is 5.02 Å². The molecule has 1 N–H and O–H groups in total. The molecule has 3 aromatic rings. The molecule has 122 valence electrons. The van der Waals surface area contributed by atoms with E-state index >= 15 is 0 Å². The van der Waals surface area contributed by atoms with Crippen LogP contribution in [0, 0.1) is 0 Å². The predicted octanol–water partition coefficient (Wildman–Crippen LogP) is 3.78. The number of carboxylic acids is 1. The zero-order valence-corrected chi connectivity index (χ0v) is 13.6. The normalized spacial score (nSPS) is 10.8. The second-order valence-electron chi connectivity index (χ2n) is 5.46. The minimum atomic E-state index is -1.30. The lowest BCUT2D eigenvalue weighted by atomic mass is 10.1. The third-order valence-electron chi connectivity index (χ3n) is 3.72. The average Bonchev–Trinajstić information content (AvgIpc) is 2.55. The Morgan fingerprint density at radius 3 is 2.54 bits per heavy atom. The maximum absolute atomic E-state index is 11.7. The van der Waals surface area contributed by atoms with Crippen LogP contribution < -0.4 is 10.5 Å². The zero-order valence-electron chi connectivity index (χ0n) is 12.8. The Morgan fingerprint density at radius 2 is 1.88 bits per heavy atom. The van der Waals surface area contributed by atoms with Gasteiger partial charge in [-0.3, -0.25) is 0 Å². The van der Waals surface area contributed by atoms with Crippen molar-refractivity contribution in [1.29, 1.82) is 0 Å². The number of benzene rings is 2. The highest BCUT2D eigenvalue weighted by molar-refractivity contribution is 6.30. The maximum atomic E-state index is 11.7. The van der Waals surface area contributed by atoms with Crippen molar-refractivity contribution in [3.05, 3.63) is 75.1 Å². The van der Waals surface area contributed by atoms with Gasteiger partial charge < -0.3 is 14.4 Å². The summed E-state index contributed by atoms with van der Waals surface area (Å²) < 4.78 is 5.13. The molecule has 0 saturated carbocycles. The fourth-order valence-corrected chi connectivity index (χ4v) is 2.57. The number of carboxylic acid groups (broad SMARTS) is 1. The molecule has 0 bridgehead atoms. The van der Waals surface area contributed by atoms with Gasteiger partial charge in [0.15, 0.2) is 0 Å². The number of hydrogen-bond acceptors (Lipinski definition) is 4. The molecule has 6 heteroatoms. The van der Waals surface area contributed by atoms with Crippen LogP contribution in [0.5, 0.6) is 0 Å². The molecule has 0 amide bonds. The van der Waals surface area contributed by atoms with E-state index in [4.69, 9.17) is 21.1 Å². The highest BCUT2D eigenvalue weighted by Gasteiger charge is 2.13. The summed E-state index contributed by atoms with van der Waals surface area (Å²) in [5.74, 6) is -1.30. The summed E-state index contributed by atoms with van der Waals surface area (Å²) in [6.07, 6.45) is 0. The van der Waals surface area contributed by atoms with Crippen LogP contribution in [0.3, 0.4) is 0 Å². The van der Waals surface area contributed by atoms with Gasteiger partial charge >= 0.3 is 11.6 Å². The van der Waals surface area contributed by atoms with Crippen molar-refractivity contribution in [2.75, 3.05) is 11.9 Å². The standard InChI is InChI=1S/C18H14ClNO4/c1-20(10-11-2-5-13(19)6-3-11)14-7-4-12-8-15(17(21)22)18(23)24-16(12)9-14/h2-9H,10H2,1H3,(H,21,22). The molecule has 24 heavy (non-hydrogen) atoms. The lowest BCUT2D eigenvalue weighted by molar-refractivity contribution is 0.0692. The lowest BCUT2D eigenvalue weighted by Gasteiger charge is -2.19. The molecular formula is C18H14ClNO4. The van der Waals surface area contributed by atoms with Crippen LogP contribution in [-0.2, 0) is 6.54 Å². The number of hydrogen-bond donors (Lipinski definition) is 1. The van der Waals surface area contributed by atoms with E-state index in [1.807, 2.05) is 42.3 Å². The van der Waals surface area contributed by atoms with E-state index in [1.165, 1.54) is 6.07 Å². The van der Waals surface area contributed by atoms with E-state index < -0.39 is 11.6 Å². The smallest absolute Gasteiger partial charge is 0.351 e. The molecule has 0 fully saturated rings. The average molecular weight is 344 g/mol. The van der Waals surface area contributed by atoms with Gasteiger partial charge in [-0.05, 0) is 35.9 Å². The van der Waals surface area contributed by atoms with Crippen LogP contribution in [0.1, 0.15) is 15.9 Å². The van der Waals surface area contributed by atoms with Crippen LogP contribution in [0.25, 0.3) is 11.0 Å².